The van der Waals surface area contributed by atoms with Gasteiger partial charge in [0.1, 0.15) is 0 Å². The molecular weight excluding hydrogens is 245 g/mol. The molecule has 0 unspecified atom stereocenters. The Hall–Kier alpha value is -2.43. The van der Waals surface area contributed by atoms with E-state index in [0.717, 1.165) is 0 Å². The Morgan fingerprint density at radius 1 is 1.32 bits per heavy atom. The molecule has 0 aliphatic carbocycles. The highest BCUT2D eigenvalue weighted by Gasteiger charge is 2.20. The molecule has 0 aliphatic heterocycles. The Bertz CT molecular complexity index is 586. The molecule has 2 rings (SSSR count). The summed E-state index contributed by atoms with van der Waals surface area (Å²) in [5, 5.41) is 0. The quantitative estimate of drug-likeness (QED) is 0.921. The van der Waals surface area contributed by atoms with Crippen molar-refractivity contribution in [2.45, 2.75) is 6.92 Å². The maximum Gasteiger partial charge on any atom is 0.261 e. The van der Waals surface area contributed by atoms with E-state index in [1.807, 2.05) is 25.1 Å². The molecule has 0 atom stereocenters. The highest BCUT2D eigenvalue weighted by molar-refractivity contribution is 6.06. The van der Waals surface area contributed by atoms with Crippen LogP contribution in [0.5, 0.6) is 0 Å². The summed E-state index contributed by atoms with van der Waals surface area (Å²) >= 11 is 0. The number of pyridine rings is 1. The molecule has 2 aromatic rings. The number of nitrogen functional groups attached to an aromatic ring is 1. The van der Waals surface area contributed by atoms with Gasteiger partial charge in [0.2, 0.25) is 0 Å². The number of benzene rings is 1. The standard InChI is InChI=1S/C14H14FN3O/c1-2-18(10-6-4-3-5-7-10)14(19)11-8-9-17-13(16)12(11)15/h3-9H,2H2,1H3,(H2,16,17). The van der Waals surface area contributed by atoms with E-state index in [2.05, 4.69) is 4.98 Å². The fraction of sp³-hybridized carbons (Fsp3) is 0.143. The molecule has 1 amide bonds. The predicted molar refractivity (Wildman–Crippen MR) is 72.4 cm³/mol. The Labute approximate surface area is 110 Å². The third kappa shape index (κ3) is 2.54. The van der Waals surface area contributed by atoms with Gasteiger partial charge in [0.25, 0.3) is 5.91 Å². The molecule has 0 spiro atoms. The molecule has 0 radical (unpaired) electrons. The second-order valence-electron chi connectivity index (χ2n) is 3.94. The number of aromatic nitrogens is 1. The monoisotopic (exact) mass is 259 g/mol. The van der Waals surface area contributed by atoms with E-state index in [9.17, 15) is 9.18 Å². The number of hydrogen-bond acceptors (Lipinski definition) is 3. The van der Waals surface area contributed by atoms with Gasteiger partial charge in [0, 0.05) is 18.4 Å². The molecule has 0 fully saturated rings. The van der Waals surface area contributed by atoms with Crippen LogP contribution in [0.3, 0.4) is 0 Å². The van der Waals surface area contributed by atoms with Crippen molar-refractivity contribution in [3.05, 3.63) is 54.0 Å². The van der Waals surface area contributed by atoms with Crippen LogP contribution >= 0.6 is 0 Å². The third-order valence-electron chi connectivity index (χ3n) is 2.78. The maximum atomic E-state index is 13.8. The van der Waals surface area contributed by atoms with Crippen molar-refractivity contribution in [1.29, 1.82) is 0 Å². The lowest BCUT2D eigenvalue weighted by molar-refractivity contribution is 0.0984. The maximum absolute atomic E-state index is 13.8. The average Bonchev–Trinajstić information content (AvgIpc) is 2.44. The summed E-state index contributed by atoms with van der Waals surface area (Å²) in [5.41, 5.74) is 6.02. The van der Waals surface area contributed by atoms with E-state index in [0.29, 0.717) is 12.2 Å². The summed E-state index contributed by atoms with van der Waals surface area (Å²) in [7, 11) is 0. The summed E-state index contributed by atoms with van der Waals surface area (Å²) in [6, 6.07) is 10.4. The van der Waals surface area contributed by atoms with E-state index in [4.69, 9.17) is 5.73 Å². The van der Waals surface area contributed by atoms with Gasteiger partial charge in [-0.15, -0.1) is 0 Å². The minimum Gasteiger partial charge on any atom is -0.381 e. The average molecular weight is 259 g/mol. The zero-order valence-corrected chi connectivity index (χ0v) is 10.5. The van der Waals surface area contributed by atoms with Crippen molar-refractivity contribution in [2.75, 3.05) is 17.2 Å². The summed E-state index contributed by atoms with van der Waals surface area (Å²) < 4.78 is 13.8. The molecule has 19 heavy (non-hydrogen) atoms. The molecule has 98 valence electrons. The number of halogens is 1. The van der Waals surface area contributed by atoms with Gasteiger partial charge in [-0.3, -0.25) is 4.79 Å². The second-order valence-corrected chi connectivity index (χ2v) is 3.94. The fourth-order valence-electron chi connectivity index (χ4n) is 1.82. The van der Waals surface area contributed by atoms with Crippen LogP contribution in [0.2, 0.25) is 0 Å². The van der Waals surface area contributed by atoms with Crippen molar-refractivity contribution in [3.63, 3.8) is 0 Å². The van der Waals surface area contributed by atoms with Gasteiger partial charge in [-0.25, -0.2) is 9.37 Å². The summed E-state index contributed by atoms with van der Waals surface area (Å²) in [4.78, 5) is 17.4. The fourth-order valence-corrected chi connectivity index (χ4v) is 1.82. The van der Waals surface area contributed by atoms with Crippen LogP contribution in [-0.2, 0) is 0 Å². The first-order valence-corrected chi connectivity index (χ1v) is 5.92. The summed E-state index contributed by atoms with van der Waals surface area (Å²) in [6.07, 6.45) is 1.32. The van der Waals surface area contributed by atoms with E-state index in [-0.39, 0.29) is 11.4 Å². The number of nitrogens with zero attached hydrogens (tertiary/aromatic N) is 2. The Morgan fingerprint density at radius 2 is 2.00 bits per heavy atom. The largest absolute Gasteiger partial charge is 0.381 e. The first kappa shape index (κ1) is 13.0. The highest BCUT2D eigenvalue weighted by Crippen LogP contribution is 2.19. The zero-order chi connectivity index (χ0) is 13.8. The van der Waals surface area contributed by atoms with Crippen LogP contribution in [-0.4, -0.2) is 17.4 Å². The van der Waals surface area contributed by atoms with Crippen molar-refractivity contribution in [3.8, 4) is 0 Å². The van der Waals surface area contributed by atoms with Gasteiger partial charge < -0.3 is 10.6 Å². The number of para-hydroxylation sites is 1. The third-order valence-corrected chi connectivity index (χ3v) is 2.78. The molecule has 0 saturated carbocycles. The lowest BCUT2D eigenvalue weighted by Crippen LogP contribution is -2.31. The lowest BCUT2D eigenvalue weighted by Gasteiger charge is -2.21. The predicted octanol–water partition coefficient (Wildman–Crippen LogP) is 2.47. The van der Waals surface area contributed by atoms with Crippen LogP contribution in [0.25, 0.3) is 0 Å². The minimum absolute atomic E-state index is 0.0711. The van der Waals surface area contributed by atoms with E-state index in [1.54, 1.807) is 12.1 Å². The number of carbonyl (C=O) groups is 1. The number of hydrogen-bond donors (Lipinski definition) is 1. The molecule has 1 aromatic carbocycles. The van der Waals surface area contributed by atoms with Crippen molar-refractivity contribution in [1.82, 2.24) is 4.98 Å². The number of anilines is 2. The number of rotatable bonds is 3. The number of carbonyl (C=O) groups excluding carboxylic acids is 1. The van der Waals surface area contributed by atoms with Crippen LogP contribution in [0.4, 0.5) is 15.9 Å². The molecule has 1 aromatic heterocycles. The van der Waals surface area contributed by atoms with E-state index in [1.165, 1.54) is 17.2 Å². The van der Waals surface area contributed by atoms with Gasteiger partial charge in [0.15, 0.2) is 11.6 Å². The molecule has 5 heteroatoms. The van der Waals surface area contributed by atoms with Crippen molar-refractivity contribution < 1.29 is 9.18 Å². The van der Waals surface area contributed by atoms with E-state index >= 15 is 0 Å². The smallest absolute Gasteiger partial charge is 0.261 e. The van der Waals surface area contributed by atoms with Crippen LogP contribution < -0.4 is 10.6 Å². The highest BCUT2D eigenvalue weighted by atomic mass is 19.1. The first-order chi connectivity index (χ1) is 9.15. The van der Waals surface area contributed by atoms with Crippen LogP contribution in [0, 0.1) is 5.82 Å². The Balaban J connectivity index is 2.39. The minimum atomic E-state index is -0.776. The molecular formula is C14H14FN3O. The van der Waals surface area contributed by atoms with Gasteiger partial charge in [-0.1, -0.05) is 18.2 Å². The van der Waals surface area contributed by atoms with E-state index < -0.39 is 11.7 Å². The number of nitrogens with two attached hydrogens (primary N) is 1. The first-order valence-electron chi connectivity index (χ1n) is 5.92. The van der Waals surface area contributed by atoms with Gasteiger partial charge in [-0.05, 0) is 25.1 Å². The summed E-state index contributed by atoms with van der Waals surface area (Å²) in [6.45, 7) is 2.26. The van der Waals surface area contributed by atoms with Gasteiger partial charge in [-0.2, -0.15) is 0 Å². The van der Waals surface area contributed by atoms with Crippen molar-refractivity contribution >= 4 is 17.4 Å². The lowest BCUT2D eigenvalue weighted by atomic mass is 10.2. The molecule has 4 nitrogen and oxygen atoms in total. The van der Waals surface area contributed by atoms with Gasteiger partial charge >= 0.3 is 0 Å². The zero-order valence-electron chi connectivity index (χ0n) is 10.5. The molecule has 0 bridgehead atoms. The molecule has 0 aliphatic rings. The normalized spacial score (nSPS) is 10.2. The molecule has 2 N–H and O–H groups in total. The van der Waals surface area contributed by atoms with Crippen molar-refractivity contribution in [2.24, 2.45) is 0 Å². The van der Waals surface area contributed by atoms with Crippen LogP contribution in [0.1, 0.15) is 17.3 Å². The number of amides is 1. The summed E-state index contributed by atoms with van der Waals surface area (Å²) in [5.74, 6) is -1.47. The molecule has 1 heterocycles. The second kappa shape index (κ2) is 5.48. The van der Waals surface area contributed by atoms with Crippen LogP contribution in [0.15, 0.2) is 42.6 Å². The van der Waals surface area contributed by atoms with Gasteiger partial charge in [0.05, 0.1) is 5.56 Å². The SMILES string of the molecule is CCN(C(=O)c1ccnc(N)c1F)c1ccccc1. The molecule has 0 saturated heterocycles. The topological polar surface area (TPSA) is 59.2 Å². The Kier molecular flexibility index (Phi) is 3.75. The Morgan fingerprint density at radius 3 is 2.63 bits per heavy atom.